The summed E-state index contributed by atoms with van der Waals surface area (Å²) in [5.74, 6) is 0. The molecule has 0 heterocycles. The van der Waals surface area contributed by atoms with E-state index in [1.807, 2.05) is 0 Å². The summed E-state index contributed by atoms with van der Waals surface area (Å²) < 4.78 is 0. The Morgan fingerprint density at radius 1 is 0.469 bits per heavy atom. The lowest BCUT2D eigenvalue weighted by Gasteiger charge is -2.31. The second-order valence-electron chi connectivity index (χ2n) is 8.73. The molecule has 0 bridgehead atoms. The molecule has 0 aliphatic heterocycles. The predicted octanol–water partition coefficient (Wildman–Crippen LogP) is 8.47. The zero-order chi connectivity index (χ0) is 22.8. The summed E-state index contributed by atoms with van der Waals surface area (Å²) in [6.45, 7) is 10.9. The molecule has 4 rings (SSSR count). The molecule has 0 amide bonds. The molecule has 0 radical (unpaired) electrons. The Kier molecular flexibility index (Phi) is 6.05. The first-order valence-electron chi connectivity index (χ1n) is 11.2. The van der Waals surface area contributed by atoms with Crippen molar-refractivity contribution in [3.8, 4) is 0 Å². The summed E-state index contributed by atoms with van der Waals surface area (Å²) >= 11 is 0. The van der Waals surface area contributed by atoms with E-state index in [0.717, 1.165) is 0 Å². The molecule has 0 aliphatic rings. The molecule has 0 fully saturated rings. The van der Waals surface area contributed by atoms with Gasteiger partial charge in [0.25, 0.3) is 0 Å². The van der Waals surface area contributed by atoms with Gasteiger partial charge in [0.1, 0.15) is 0 Å². The van der Waals surface area contributed by atoms with Gasteiger partial charge in [0, 0.05) is 29.8 Å². The number of para-hydroxylation sites is 2. The predicted molar refractivity (Wildman–Crippen MR) is 139 cm³/mol. The fraction of sp³-hybridized carbons (Fsp3) is 0.200. The number of benzene rings is 4. The fourth-order valence-electron chi connectivity index (χ4n) is 4.42. The minimum absolute atomic E-state index is 1.17. The molecule has 4 aromatic rings. The highest BCUT2D eigenvalue weighted by Crippen LogP contribution is 2.42. The second-order valence-corrected chi connectivity index (χ2v) is 8.73. The van der Waals surface area contributed by atoms with Crippen molar-refractivity contribution in [1.29, 1.82) is 0 Å². The molecule has 0 N–H and O–H groups in total. The monoisotopic (exact) mass is 420 g/mol. The minimum atomic E-state index is 1.17. The van der Waals surface area contributed by atoms with Crippen molar-refractivity contribution in [1.82, 2.24) is 0 Å². The van der Waals surface area contributed by atoms with Gasteiger partial charge in [-0.05, 0) is 87.2 Å². The van der Waals surface area contributed by atoms with Gasteiger partial charge in [-0.2, -0.15) is 0 Å². The second kappa shape index (κ2) is 8.92. The van der Waals surface area contributed by atoms with Crippen molar-refractivity contribution in [3.05, 3.63) is 113 Å². The van der Waals surface area contributed by atoms with Gasteiger partial charge in [-0.1, -0.05) is 60.2 Å². The summed E-state index contributed by atoms with van der Waals surface area (Å²) in [7, 11) is 2.16. The Morgan fingerprint density at radius 2 is 1.00 bits per heavy atom. The first-order chi connectivity index (χ1) is 15.4. The maximum Gasteiger partial charge on any atom is 0.0511 e. The van der Waals surface area contributed by atoms with Crippen LogP contribution in [0, 0.1) is 34.6 Å². The first kappa shape index (κ1) is 21.7. The quantitative estimate of drug-likeness (QED) is 0.319. The van der Waals surface area contributed by atoms with Gasteiger partial charge in [-0.15, -0.1) is 0 Å². The molecule has 0 aromatic heterocycles. The number of nitrogens with zero attached hydrogens (tertiary/aromatic N) is 2. The molecule has 2 nitrogen and oxygen atoms in total. The Labute approximate surface area is 192 Å². The SMILES string of the molecule is Cc1ccc(N(c2ccccc2C)c2cc(N(C)c3ccccc3C)c(C)cc2C)cc1. The zero-order valence-electron chi connectivity index (χ0n) is 20.0. The Morgan fingerprint density at radius 3 is 1.59 bits per heavy atom. The van der Waals surface area contributed by atoms with Gasteiger partial charge in [-0.3, -0.25) is 0 Å². The Balaban J connectivity index is 1.92. The van der Waals surface area contributed by atoms with E-state index in [4.69, 9.17) is 0 Å². The largest absolute Gasteiger partial charge is 0.344 e. The summed E-state index contributed by atoms with van der Waals surface area (Å²) in [6, 6.07) is 30.6. The van der Waals surface area contributed by atoms with E-state index in [1.165, 1.54) is 56.3 Å². The molecular formula is C30H32N2. The fourth-order valence-corrected chi connectivity index (χ4v) is 4.42. The van der Waals surface area contributed by atoms with Crippen molar-refractivity contribution >= 4 is 28.4 Å². The standard InChI is InChI=1S/C30H32N2/c1-21-15-17-26(18-16-21)32(28-14-10-8-12-23(28)3)30-20-29(24(4)19-25(30)5)31(6)27-13-9-7-11-22(27)2/h7-20H,1-6H3. The smallest absolute Gasteiger partial charge is 0.0511 e. The van der Waals surface area contributed by atoms with E-state index in [1.54, 1.807) is 0 Å². The molecule has 2 heteroatoms. The van der Waals surface area contributed by atoms with Crippen LogP contribution < -0.4 is 9.80 Å². The maximum atomic E-state index is 2.39. The van der Waals surface area contributed by atoms with Gasteiger partial charge in [0.15, 0.2) is 0 Å². The van der Waals surface area contributed by atoms with E-state index in [2.05, 4.69) is 136 Å². The van der Waals surface area contributed by atoms with E-state index >= 15 is 0 Å². The number of rotatable bonds is 5. The van der Waals surface area contributed by atoms with Crippen molar-refractivity contribution in [2.24, 2.45) is 0 Å². The normalized spacial score (nSPS) is 10.8. The molecule has 0 unspecified atom stereocenters. The number of aryl methyl sites for hydroxylation is 5. The summed E-state index contributed by atoms with van der Waals surface area (Å²) in [5.41, 5.74) is 12.3. The van der Waals surface area contributed by atoms with E-state index in [-0.39, 0.29) is 0 Å². The average molecular weight is 421 g/mol. The summed E-state index contributed by atoms with van der Waals surface area (Å²) in [4.78, 5) is 4.69. The van der Waals surface area contributed by atoms with Crippen LogP contribution in [0.3, 0.4) is 0 Å². The summed E-state index contributed by atoms with van der Waals surface area (Å²) in [5, 5.41) is 0. The highest BCUT2D eigenvalue weighted by molar-refractivity contribution is 5.83. The molecule has 0 aliphatic carbocycles. The van der Waals surface area contributed by atoms with Crippen LogP contribution >= 0.6 is 0 Å². The number of hydrogen-bond donors (Lipinski definition) is 0. The van der Waals surface area contributed by atoms with Crippen LogP contribution in [0.4, 0.5) is 28.4 Å². The lowest BCUT2D eigenvalue weighted by atomic mass is 10.0. The maximum absolute atomic E-state index is 2.39. The third-order valence-electron chi connectivity index (χ3n) is 6.24. The van der Waals surface area contributed by atoms with E-state index in [0.29, 0.717) is 0 Å². The van der Waals surface area contributed by atoms with E-state index < -0.39 is 0 Å². The van der Waals surface area contributed by atoms with Crippen molar-refractivity contribution < 1.29 is 0 Å². The van der Waals surface area contributed by atoms with Crippen molar-refractivity contribution in [3.63, 3.8) is 0 Å². The van der Waals surface area contributed by atoms with Gasteiger partial charge >= 0.3 is 0 Å². The van der Waals surface area contributed by atoms with Gasteiger partial charge in [0.2, 0.25) is 0 Å². The van der Waals surface area contributed by atoms with Crippen LogP contribution in [0.15, 0.2) is 84.9 Å². The van der Waals surface area contributed by atoms with Gasteiger partial charge in [-0.25, -0.2) is 0 Å². The Bertz CT molecular complexity index is 1240. The summed E-state index contributed by atoms with van der Waals surface area (Å²) in [6.07, 6.45) is 0. The third kappa shape index (κ3) is 4.13. The molecule has 0 atom stereocenters. The van der Waals surface area contributed by atoms with Crippen LogP contribution in [0.1, 0.15) is 27.8 Å². The van der Waals surface area contributed by atoms with Crippen LogP contribution in [0.5, 0.6) is 0 Å². The van der Waals surface area contributed by atoms with Crippen molar-refractivity contribution in [2.45, 2.75) is 34.6 Å². The average Bonchev–Trinajstić information content (AvgIpc) is 2.77. The zero-order valence-corrected chi connectivity index (χ0v) is 20.0. The number of anilines is 5. The molecule has 4 aromatic carbocycles. The molecule has 0 saturated carbocycles. The molecule has 0 spiro atoms. The third-order valence-corrected chi connectivity index (χ3v) is 6.24. The lowest BCUT2D eigenvalue weighted by molar-refractivity contribution is 1.14. The lowest BCUT2D eigenvalue weighted by Crippen LogP contribution is -2.16. The Hall–Kier alpha value is -3.52. The highest BCUT2D eigenvalue weighted by Gasteiger charge is 2.19. The van der Waals surface area contributed by atoms with Crippen LogP contribution in [0.25, 0.3) is 0 Å². The molecule has 0 saturated heterocycles. The van der Waals surface area contributed by atoms with Crippen molar-refractivity contribution in [2.75, 3.05) is 16.8 Å². The van der Waals surface area contributed by atoms with Crippen LogP contribution in [0.2, 0.25) is 0 Å². The van der Waals surface area contributed by atoms with Gasteiger partial charge in [0.05, 0.1) is 5.69 Å². The number of hydrogen-bond acceptors (Lipinski definition) is 2. The van der Waals surface area contributed by atoms with Crippen LogP contribution in [-0.4, -0.2) is 7.05 Å². The minimum Gasteiger partial charge on any atom is -0.344 e. The molecular weight excluding hydrogens is 388 g/mol. The van der Waals surface area contributed by atoms with E-state index in [9.17, 15) is 0 Å². The topological polar surface area (TPSA) is 6.48 Å². The van der Waals surface area contributed by atoms with Gasteiger partial charge < -0.3 is 9.80 Å². The first-order valence-corrected chi connectivity index (χ1v) is 11.2. The van der Waals surface area contributed by atoms with Crippen LogP contribution in [-0.2, 0) is 0 Å². The highest BCUT2D eigenvalue weighted by atomic mass is 15.2. The molecule has 32 heavy (non-hydrogen) atoms. The molecule has 162 valence electrons.